The Bertz CT molecular complexity index is 799. The van der Waals surface area contributed by atoms with Crippen LogP contribution in [0.5, 0.6) is 5.75 Å². The molecule has 0 spiro atoms. The Hall–Kier alpha value is -2.39. The summed E-state index contributed by atoms with van der Waals surface area (Å²) in [5.41, 5.74) is 1.21. The van der Waals surface area contributed by atoms with Gasteiger partial charge in [-0.3, -0.25) is 0 Å². The van der Waals surface area contributed by atoms with Crippen molar-refractivity contribution in [3.8, 4) is 5.75 Å². The van der Waals surface area contributed by atoms with Crippen molar-refractivity contribution in [2.75, 3.05) is 0 Å². The van der Waals surface area contributed by atoms with Gasteiger partial charge in [0.2, 0.25) is 0 Å². The first-order valence-corrected chi connectivity index (χ1v) is 6.50. The fraction of sp³-hybridized carbons (Fsp3) is 0. The monoisotopic (exact) mass is 282 g/mol. The summed E-state index contributed by atoms with van der Waals surface area (Å²) in [5, 5.41) is 20.5. The van der Waals surface area contributed by atoms with Gasteiger partial charge in [-0.05, 0) is 23.6 Å². The normalized spacial score (nSPS) is 11.2. The molecular weight excluding hydrogens is 272 g/mol. The molecule has 20 heavy (non-hydrogen) atoms. The van der Waals surface area contributed by atoms with Crippen LogP contribution in [0.4, 0.5) is 11.4 Å². The molecule has 0 amide bonds. The van der Waals surface area contributed by atoms with Crippen molar-refractivity contribution in [3.63, 3.8) is 0 Å². The second kappa shape index (κ2) is 5.31. The Morgan fingerprint density at radius 3 is 2.35 bits per heavy atom. The third-order valence-corrected chi connectivity index (χ3v) is 3.26. The van der Waals surface area contributed by atoms with Crippen molar-refractivity contribution in [2.24, 2.45) is 10.2 Å². The maximum absolute atomic E-state index is 9.74. The molecule has 0 radical (unpaired) electrons. The van der Waals surface area contributed by atoms with Crippen molar-refractivity contribution in [2.45, 2.75) is 0 Å². The van der Waals surface area contributed by atoms with E-state index in [1.165, 1.54) is 0 Å². The molecule has 98 valence electrons. The molecule has 0 unspecified atom stereocenters. The average molecular weight is 283 g/mol. The lowest BCUT2D eigenvalue weighted by Crippen LogP contribution is -1.74. The van der Waals surface area contributed by atoms with Gasteiger partial charge in [-0.25, -0.2) is 0 Å². The maximum atomic E-state index is 9.74. The van der Waals surface area contributed by atoms with E-state index < -0.39 is 0 Å². The minimum atomic E-state index is 0.164. The Labute approximate surface area is 121 Å². The highest BCUT2D eigenvalue weighted by Crippen LogP contribution is 2.33. The lowest BCUT2D eigenvalue weighted by atomic mass is 10.1. The molecule has 0 saturated carbocycles. The molecule has 0 aliphatic heterocycles. The van der Waals surface area contributed by atoms with Crippen LogP contribution < -0.4 is 0 Å². The predicted octanol–water partition coefficient (Wildman–Crippen LogP) is 5.61. The molecule has 3 aromatic carbocycles. The van der Waals surface area contributed by atoms with Crippen LogP contribution in [0.3, 0.4) is 0 Å². The first-order valence-electron chi connectivity index (χ1n) is 6.12. The van der Waals surface area contributed by atoms with Crippen molar-refractivity contribution in [1.82, 2.24) is 0 Å². The van der Waals surface area contributed by atoms with Crippen LogP contribution in [0.2, 0.25) is 5.02 Å². The Morgan fingerprint density at radius 1 is 0.800 bits per heavy atom. The number of phenols is 1. The molecule has 0 aromatic heterocycles. The SMILES string of the molecule is Oc1cc(N=Nc2ccccc2Cl)c2ccccc2c1. The molecule has 0 atom stereocenters. The van der Waals surface area contributed by atoms with Gasteiger partial charge >= 0.3 is 0 Å². The third kappa shape index (κ3) is 2.49. The Morgan fingerprint density at radius 2 is 1.50 bits per heavy atom. The standard InChI is InChI=1S/C16H11ClN2O/c17-14-7-3-4-8-15(14)18-19-16-10-12(20)9-11-5-1-2-6-13(11)16/h1-10,20H. The summed E-state index contributed by atoms with van der Waals surface area (Å²) < 4.78 is 0. The first kappa shape index (κ1) is 12.6. The van der Waals surface area contributed by atoms with Crippen LogP contribution in [0.1, 0.15) is 0 Å². The highest BCUT2D eigenvalue weighted by molar-refractivity contribution is 6.32. The molecule has 1 N–H and O–H groups in total. The summed E-state index contributed by atoms with van der Waals surface area (Å²) >= 11 is 6.04. The molecule has 0 bridgehead atoms. The number of benzene rings is 3. The highest BCUT2D eigenvalue weighted by atomic mass is 35.5. The van der Waals surface area contributed by atoms with E-state index in [0.29, 0.717) is 16.4 Å². The second-order valence-corrected chi connectivity index (χ2v) is 4.74. The molecule has 0 fully saturated rings. The summed E-state index contributed by atoms with van der Waals surface area (Å²) in [5.74, 6) is 0.164. The summed E-state index contributed by atoms with van der Waals surface area (Å²) in [6, 6.07) is 18.2. The first-order chi connectivity index (χ1) is 9.74. The van der Waals surface area contributed by atoms with Crippen LogP contribution >= 0.6 is 11.6 Å². The average Bonchev–Trinajstić information content (AvgIpc) is 2.46. The number of aromatic hydroxyl groups is 1. The summed E-state index contributed by atoms with van der Waals surface area (Å²) in [6.07, 6.45) is 0. The highest BCUT2D eigenvalue weighted by Gasteiger charge is 2.03. The molecule has 4 heteroatoms. The van der Waals surface area contributed by atoms with E-state index in [4.69, 9.17) is 11.6 Å². The second-order valence-electron chi connectivity index (χ2n) is 4.34. The van der Waals surface area contributed by atoms with Crippen LogP contribution in [-0.4, -0.2) is 5.11 Å². The zero-order chi connectivity index (χ0) is 13.9. The van der Waals surface area contributed by atoms with Crippen molar-refractivity contribution >= 4 is 33.7 Å². The van der Waals surface area contributed by atoms with E-state index in [9.17, 15) is 5.11 Å². The fourth-order valence-electron chi connectivity index (χ4n) is 2.00. The van der Waals surface area contributed by atoms with E-state index in [-0.39, 0.29) is 5.75 Å². The number of azo groups is 1. The van der Waals surface area contributed by atoms with Gasteiger partial charge < -0.3 is 5.11 Å². The van der Waals surface area contributed by atoms with Gasteiger partial charge in [0.25, 0.3) is 0 Å². The Balaban J connectivity index is 2.09. The maximum Gasteiger partial charge on any atom is 0.118 e. The predicted molar refractivity (Wildman–Crippen MR) is 81.2 cm³/mol. The van der Waals surface area contributed by atoms with Crippen LogP contribution in [0.25, 0.3) is 10.8 Å². The number of phenolic OH excluding ortho intramolecular Hbond substituents is 1. The number of rotatable bonds is 2. The van der Waals surface area contributed by atoms with E-state index in [1.807, 2.05) is 36.4 Å². The van der Waals surface area contributed by atoms with Crippen LogP contribution in [-0.2, 0) is 0 Å². The quantitative estimate of drug-likeness (QED) is 0.610. The Kier molecular flexibility index (Phi) is 3.35. The van der Waals surface area contributed by atoms with Crippen molar-refractivity contribution in [1.29, 1.82) is 0 Å². The summed E-state index contributed by atoms with van der Waals surface area (Å²) in [4.78, 5) is 0. The smallest absolute Gasteiger partial charge is 0.118 e. The van der Waals surface area contributed by atoms with E-state index in [1.54, 1.807) is 24.3 Å². The molecule has 3 rings (SSSR count). The third-order valence-electron chi connectivity index (χ3n) is 2.94. The largest absolute Gasteiger partial charge is 0.508 e. The number of hydrogen-bond donors (Lipinski definition) is 1. The fourth-order valence-corrected chi connectivity index (χ4v) is 2.17. The van der Waals surface area contributed by atoms with Gasteiger partial charge in [-0.1, -0.05) is 48.0 Å². The van der Waals surface area contributed by atoms with Gasteiger partial charge in [-0.2, -0.15) is 0 Å². The van der Waals surface area contributed by atoms with E-state index in [0.717, 1.165) is 10.8 Å². The van der Waals surface area contributed by atoms with Crippen LogP contribution in [0.15, 0.2) is 70.9 Å². The molecule has 0 heterocycles. The van der Waals surface area contributed by atoms with Crippen LogP contribution in [0, 0.1) is 0 Å². The minimum Gasteiger partial charge on any atom is -0.508 e. The molecule has 3 nitrogen and oxygen atoms in total. The zero-order valence-corrected chi connectivity index (χ0v) is 11.2. The lowest BCUT2D eigenvalue weighted by molar-refractivity contribution is 0.476. The van der Waals surface area contributed by atoms with Gasteiger partial charge in [-0.15, -0.1) is 10.2 Å². The van der Waals surface area contributed by atoms with Gasteiger partial charge in [0.1, 0.15) is 11.4 Å². The lowest BCUT2D eigenvalue weighted by Gasteiger charge is -2.02. The number of halogens is 1. The molecular formula is C16H11ClN2O. The zero-order valence-electron chi connectivity index (χ0n) is 10.5. The van der Waals surface area contributed by atoms with Gasteiger partial charge in [0.15, 0.2) is 0 Å². The van der Waals surface area contributed by atoms with Gasteiger partial charge in [0, 0.05) is 11.5 Å². The topological polar surface area (TPSA) is 45.0 Å². The van der Waals surface area contributed by atoms with E-state index >= 15 is 0 Å². The van der Waals surface area contributed by atoms with Crippen molar-refractivity contribution < 1.29 is 5.11 Å². The van der Waals surface area contributed by atoms with E-state index in [2.05, 4.69) is 10.2 Å². The number of hydrogen-bond acceptors (Lipinski definition) is 3. The summed E-state index contributed by atoms with van der Waals surface area (Å²) in [7, 11) is 0. The number of fused-ring (bicyclic) bond motifs is 1. The molecule has 3 aromatic rings. The van der Waals surface area contributed by atoms with Crippen molar-refractivity contribution in [3.05, 3.63) is 65.7 Å². The molecule has 0 saturated heterocycles. The van der Waals surface area contributed by atoms with Gasteiger partial charge in [0.05, 0.1) is 10.7 Å². The summed E-state index contributed by atoms with van der Waals surface area (Å²) in [6.45, 7) is 0. The minimum absolute atomic E-state index is 0.164. The molecule has 0 aliphatic rings. The molecule has 0 aliphatic carbocycles. The number of nitrogens with zero attached hydrogens (tertiary/aromatic N) is 2.